The quantitative estimate of drug-likeness (QED) is 0.854. The smallest absolute Gasteiger partial charge is 0.287 e. The van der Waals surface area contributed by atoms with E-state index in [1.807, 2.05) is 12.2 Å². The summed E-state index contributed by atoms with van der Waals surface area (Å²) < 4.78 is 18.4. The van der Waals surface area contributed by atoms with Crippen LogP contribution in [0.2, 0.25) is 0 Å². The third-order valence-corrected chi connectivity index (χ3v) is 3.68. The number of aliphatic hydroxyl groups is 1. The van der Waals surface area contributed by atoms with Crippen molar-refractivity contribution in [2.75, 3.05) is 6.61 Å². The molecule has 1 heterocycles. The van der Waals surface area contributed by atoms with Crippen molar-refractivity contribution in [1.29, 1.82) is 0 Å². The number of hydrogen-bond acceptors (Lipinski definition) is 3. The molecule has 1 aliphatic rings. The van der Waals surface area contributed by atoms with Crippen LogP contribution < -0.4 is 5.32 Å². The normalized spacial score (nSPS) is 20.3. The highest BCUT2D eigenvalue weighted by Crippen LogP contribution is 2.23. The molecule has 4 nitrogen and oxygen atoms in total. The van der Waals surface area contributed by atoms with E-state index in [2.05, 4.69) is 5.32 Å². The summed E-state index contributed by atoms with van der Waals surface area (Å²) in [6.07, 6.45) is 4.47. The highest BCUT2D eigenvalue weighted by atomic mass is 19.1. The van der Waals surface area contributed by atoms with Crippen molar-refractivity contribution in [3.63, 3.8) is 0 Å². The molecule has 22 heavy (non-hydrogen) atoms. The number of aliphatic hydroxyl groups excluding tert-OH is 1. The largest absolute Gasteiger partial charge is 0.451 e. The van der Waals surface area contributed by atoms with E-state index >= 15 is 0 Å². The zero-order chi connectivity index (χ0) is 15.5. The van der Waals surface area contributed by atoms with Crippen LogP contribution in [-0.4, -0.2) is 23.7 Å². The maximum atomic E-state index is 12.9. The first-order chi connectivity index (χ1) is 10.7. The van der Waals surface area contributed by atoms with Crippen LogP contribution in [0.4, 0.5) is 4.39 Å². The highest BCUT2D eigenvalue weighted by molar-refractivity contribution is 5.92. The number of furan rings is 1. The van der Waals surface area contributed by atoms with Crippen LogP contribution in [0.3, 0.4) is 0 Å². The molecule has 2 N–H and O–H groups in total. The number of nitrogens with one attached hydrogen (secondary N) is 1. The summed E-state index contributed by atoms with van der Waals surface area (Å²) in [6, 6.07) is 9.07. The summed E-state index contributed by atoms with van der Waals surface area (Å²) in [7, 11) is 0. The zero-order valence-electron chi connectivity index (χ0n) is 11.8. The third kappa shape index (κ3) is 3.09. The lowest BCUT2D eigenvalue weighted by Gasteiger charge is -2.11. The van der Waals surface area contributed by atoms with Gasteiger partial charge >= 0.3 is 0 Å². The Morgan fingerprint density at radius 3 is 2.68 bits per heavy atom. The Morgan fingerprint density at radius 2 is 2.00 bits per heavy atom. The first kappa shape index (κ1) is 14.5. The zero-order valence-corrected chi connectivity index (χ0v) is 11.8. The minimum Gasteiger partial charge on any atom is -0.451 e. The lowest BCUT2D eigenvalue weighted by molar-refractivity contribution is 0.0914. The average molecular weight is 301 g/mol. The number of carbonyl (C=O) groups excluding carboxylic acids is 1. The van der Waals surface area contributed by atoms with E-state index in [0.717, 1.165) is 0 Å². The van der Waals surface area contributed by atoms with Crippen molar-refractivity contribution >= 4 is 5.91 Å². The van der Waals surface area contributed by atoms with Crippen molar-refractivity contribution in [3.05, 3.63) is 60.1 Å². The number of rotatable bonds is 4. The topological polar surface area (TPSA) is 62.5 Å². The minimum atomic E-state index is -0.320. The van der Waals surface area contributed by atoms with Crippen molar-refractivity contribution in [2.45, 2.75) is 12.5 Å². The number of benzene rings is 1. The van der Waals surface area contributed by atoms with Gasteiger partial charge in [-0.3, -0.25) is 4.79 Å². The molecule has 1 aromatic heterocycles. The Hall–Kier alpha value is -2.40. The molecule has 1 aromatic carbocycles. The monoisotopic (exact) mass is 301 g/mol. The second-order valence-electron chi connectivity index (χ2n) is 5.31. The first-order valence-electron chi connectivity index (χ1n) is 7.11. The van der Waals surface area contributed by atoms with Gasteiger partial charge in [0.25, 0.3) is 5.91 Å². The Morgan fingerprint density at radius 1 is 1.23 bits per heavy atom. The van der Waals surface area contributed by atoms with Crippen molar-refractivity contribution in [1.82, 2.24) is 5.32 Å². The molecule has 114 valence electrons. The molecule has 3 rings (SSSR count). The molecule has 1 amide bonds. The Bertz CT molecular complexity index is 690. The van der Waals surface area contributed by atoms with Gasteiger partial charge in [0.1, 0.15) is 11.6 Å². The van der Waals surface area contributed by atoms with Crippen molar-refractivity contribution in [2.24, 2.45) is 5.92 Å². The minimum absolute atomic E-state index is 0.0817. The van der Waals surface area contributed by atoms with Gasteiger partial charge in [-0.15, -0.1) is 0 Å². The molecule has 5 heteroatoms. The standard InChI is InChI=1S/C17H16FNO3/c18-13-4-2-12(3-5-13)15-7-8-16(22-15)17(21)19-14-6-1-11(9-14)10-20/h1-8,11,14,20H,9-10H2,(H,19,21)/t11-,14+/m0/s1. The van der Waals surface area contributed by atoms with Crippen LogP contribution in [0.25, 0.3) is 11.3 Å². The third-order valence-electron chi connectivity index (χ3n) is 3.68. The molecule has 2 aromatic rings. The fraction of sp³-hybridized carbons (Fsp3) is 0.235. The van der Waals surface area contributed by atoms with E-state index < -0.39 is 0 Å². The summed E-state index contributed by atoms with van der Waals surface area (Å²) in [5.74, 6) is 0.193. The van der Waals surface area contributed by atoms with Gasteiger partial charge in [-0.1, -0.05) is 12.2 Å². The van der Waals surface area contributed by atoms with E-state index in [1.165, 1.54) is 12.1 Å². The SMILES string of the molecule is O=C(N[C@@H]1C=C[C@H](CO)C1)c1ccc(-c2ccc(F)cc2)o1. The van der Waals surface area contributed by atoms with Crippen LogP contribution in [-0.2, 0) is 0 Å². The van der Waals surface area contributed by atoms with Gasteiger partial charge in [-0.2, -0.15) is 0 Å². The molecule has 0 radical (unpaired) electrons. The van der Waals surface area contributed by atoms with E-state index in [0.29, 0.717) is 17.7 Å². The predicted molar refractivity (Wildman–Crippen MR) is 79.7 cm³/mol. The predicted octanol–water partition coefficient (Wildman–Crippen LogP) is 2.75. The average Bonchev–Trinajstić information content (AvgIpc) is 3.17. The van der Waals surface area contributed by atoms with E-state index in [9.17, 15) is 9.18 Å². The number of carbonyl (C=O) groups is 1. The number of hydrogen-bond donors (Lipinski definition) is 2. The van der Waals surface area contributed by atoms with Crippen LogP contribution in [0, 0.1) is 11.7 Å². The second-order valence-corrected chi connectivity index (χ2v) is 5.31. The van der Waals surface area contributed by atoms with Gasteiger partial charge < -0.3 is 14.8 Å². The van der Waals surface area contributed by atoms with Crippen LogP contribution in [0.15, 0.2) is 53.0 Å². The Labute approximate surface area is 127 Å². The maximum Gasteiger partial charge on any atom is 0.287 e. The van der Waals surface area contributed by atoms with E-state index in [4.69, 9.17) is 9.52 Å². The molecule has 0 saturated heterocycles. The molecular weight excluding hydrogens is 285 g/mol. The van der Waals surface area contributed by atoms with Crippen LogP contribution in [0.5, 0.6) is 0 Å². The number of halogens is 1. The van der Waals surface area contributed by atoms with Gasteiger partial charge in [0.15, 0.2) is 5.76 Å². The molecule has 0 spiro atoms. The molecule has 1 aliphatic carbocycles. The summed E-state index contributed by atoms with van der Waals surface area (Å²) >= 11 is 0. The summed E-state index contributed by atoms with van der Waals surface area (Å²) in [4.78, 5) is 12.1. The lowest BCUT2D eigenvalue weighted by atomic mass is 10.1. The molecular formula is C17H16FNO3. The van der Waals surface area contributed by atoms with Crippen molar-refractivity contribution < 1.29 is 18.7 Å². The number of amides is 1. The van der Waals surface area contributed by atoms with Gasteiger partial charge in [-0.25, -0.2) is 4.39 Å². The molecule has 0 fully saturated rings. The highest BCUT2D eigenvalue weighted by Gasteiger charge is 2.21. The maximum absolute atomic E-state index is 12.9. The van der Waals surface area contributed by atoms with Gasteiger partial charge in [0.2, 0.25) is 0 Å². The first-order valence-corrected chi connectivity index (χ1v) is 7.11. The summed E-state index contributed by atoms with van der Waals surface area (Å²) in [5.41, 5.74) is 0.710. The second kappa shape index (κ2) is 6.15. The molecule has 2 atom stereocenters. The molecule has 0 saturated carbocycles. The fourth-order valence-electron chi connectivity index (χ4n) is 2.49. The van der Waals surface area contributed by atoms with Crippen molar-refractivity contribution in [3.8, 4) is 11.3 Å². The Balaban J connectivity index is 1.67. The van der Waals surface area contributed by atoms with E-state index in [1.54, 1.807) is 24.3 Å². The van der Waals surface area contributed by atoms with Crippen LogP contribution in [0.1, 0.15) is 17.0 Å². The van der Waals surface area contributed by atoms with Crippen LogP contribution >= 0.6 is 0 Å². The molecule has 0 bridgehead atoms. The van der Waals surface area contributed by atoms with Gasteiger partial charge in [0.05, 0.1) is 0 Å². The van der Waals surface area contributed by atoms with E-state index in [-0.39, 0.29) is 36.1 Å². The molecule has 0 unspecified atom stereocenters. The van der Waals surface area contributed by atoms with Gasteiger partial charge in [0, 0.05) is 24.1 Å². The van der Waals surface area contributed by atoms with Gasteiger partial charge in [-0.05, 0) is 42.8 Å². The Kier molecular flexibility index (Phi) is 4.06. The fourth-order valence-corrected chi connectivity index (χ4v) is 2.49. The summed E-state index contributed by atoms with van der Waals surface area (Å²) in [5, 5.41) is 11.9. The lowest BCUT2D eigenvalue weighted by Crippen LogP contribution is -2.32. The summed E-state index contributed by atoms with van der Waals surface area (Å²) in [6.45, 7) is 0.0817. The molecule has 0 aliphatic heterocycles.